The normalized spacial score (nSPS) is 18.5. The molecule has 1 saturated heterocycles. The van der Waals surface area contributed by atoms with Gasteiger partial charge in [-0.2, -0.15) is 0 Å². The summed E-state index contributed by atoms with van der Waals surface area (Å²) in [6, 6.07) is 4.12. The van der Waals surface area contributed by atoms with E-state index in [-0.39, 0.29) is 11.6 Å². The maximum Gasteiger partial charge on any atom is 0.127 e. The van der Waals surface area contributed by atoms with Crippen LogP contribution in [0.25, 0.3) is 0 Å². The second-order valence-corrected chi connectivity index (χ2v) is 5.19. The van der Waals surface area contributed by atoms with E-state index < -0.39 is 0 Å². The average Bonchev–Trinajstić information content (AvgIpc) is 2.34. The summed E-state index contributed by atoms with van der Waals surface area (Å²) in [5, 5.41) is 0. The lowest BCUT2D eigenvalue weighted by molar-refractivity contribution is 0.138. The van der Waals surface area contributed by atoms with E-state index >= 15 is 0 Å². The number of likely N-dealkylation sites (tertiary alicyclic amines) is 1. The third-order valence-corrected chi connectivity index (χ3v) is 3.74. The zero-order valence-electron chi connectivity index (χ0n) is 11.0. The van der Waals surface area contributed by atoms with Crippen molar-refractivity contribution in [2.75, 3.05) is 27.2 Å². The highest BCUT2D eigenvalue weighted by molar-refractivity contribution is 5.18. The molecule has 2 rings (SSSR count). The number of hydrogen-bond donors (Lipinski definition) is 0. The van der Waals surface area contributed by atoms with Crippen LogP contribution in [-0.4, -0.2) is 43.0 Å². The minimum absolute atomic E-state index is 0.323. The molecule has 0 aromatic heterocycles. The average molecular weight is 254 g/mol. The third kappa shape index (κ3) is 3.27. The molecule has 0 N–H and O–H groups in total. The van der Waals surface area contributed by atoms with Crippen LogP contribution in [0.5, 0.6) is 0 Å². The molecule has 1 aromatic carbocycles. The van der Waals surface area contributed by atoms with E-state index in [4.69, 9.17) is 0 Å². The Labute approximate surface area is 107 Å². The SMILES string of the molecule is CN1CCC(N(C)Cc2cc(F)ccc2F)CC1. The van der Waals surface area contributed by atoms with E-state index in [0.717, 1.165) is 32.0 Å². The van der Waals surface area contributed by atoms with Gasteiger partial charge in [0, 0.05) is 18.2 Å². The molecule has 1 aliphatic rings. The van der Waals surface area contributed by atoms with Crippen LogP contribution < -0.4 is 0 Å². The molecule has 100 valence electrons. The molecule has 1 fully saturated rings. The van der Waals surface area contributed by atoms with Crippen LogP contribution in [0.2, 0.25) is 0 Å². The van der Waals surface area contributed by atoms with E-state index in [9.17, 15) is 8.78 Å². The second kappa shape index (κ2) is 5.76. The first kappa shape index (κ1) is 13.4. The van der Waals surface area contributed by atoms with Gasteiger partial charge in [-0.25, -0.2) is 8.78 Å². The number of nitrogens with zero attached hydrogens (tertiary/aromatic N) is 2. The molecular formula is C14H20F2N2. The molecule has 18 heavy (non-hydrogen) atoms. The van der Waals surface area contributed by atoms with Crippen LogP contribution in [0.4, 0.5) is 8.78 Å². The van der Waals surface area contributed by atoms with Gasteiger partial charge in [0.1, 0.15) is 11.6 Å². The van der Waals surface area contributed by atoms with Crippen molar-refractivity contribution in [2.45, 2.75) is 25.4 Å². The molecule has 0 radical (unpaired) electrons. The van der Waals surface area contributed by atoms with Crippen molar-refractivity contribution in [2.24, 2.45) is 0 Å². The summed E-state index contributed by atoms with van der Waals surface area (Å²) in [7, 11) is 4.10. The van der Waals surface area contributed by atoms with Crippen LogP contribution in [-0.2, 0) is 6.54 Å². The van der Waals surface area contributed by atoms with Crippen molar-refractivity contribution in [1.29, 1.82) is 0 Å². The quantitative estimate of drug-likeness (QED) is 0.817. The standard InChI is InChI=1S/C14H20F2N2/c1-17-7-5-13(6-8-17)18(2)10-11-9-12(15)3-4-14(11)16/h3-4,9,13H,5-8,10H2,1-2H3. The summed E-state index contributed by atoms with van der Waals surface area (Å²) in [5.74, 6) is -0.695. The molecular weight excluding hydrogens is 234 g/mol. The van der Waals surface area contributed by atoms with E-state index in [1.54, 1.807) is 0 Å². The topological polar surface area (TPSA) is 6.48 Å². The van der Waals surface area contributed by atoms with Crippen LogP contribution in [0, 0.1) is 11.6 Å². The lowest BCUT2D eigenvalue weighted by Gasteiger charge is -2.35. The van der Waals surface area contributed by atoms with Crippen molar-refractivity contribution in [3.05, 3.63) is 35.4 Å². The highest BCUT2D eigenvalue weighted by Gasteiger charge is 2.21. The minimum Gasteiger partial charge on any atom is -0.306 e. The Morgan fingerprint density at radius 2 is 1.94 bits per heavy atom. The minimum atomic E-state index is -0.372. The lowest BCUT2D eigenvalue weighted by atomic mass is 10.0. The summed E-state index contributed by atoms with van der Waals surface area (Å²) in [6.07, 6.45) is 2.17. The molecule has 0 amide bonds. The molecule has 0 aliphatic carbocycles. The number of piperidine rings is 1. The first-order valence-corrected chi connectivity index (χ1v) is 6.39. The van der Waals surface area contributed by atoms with Crippen LogP contribution in [0.3, 0.4) is 0 Å². The Bertz CT molecular complexity index is 401. The molecule has 2 nitrogen and oxygen atoms in total. The number of benzene rings is 1. The molecule has 0 atom stereocenters. The Morgan fingerprint density at radius 3 is 2.61 bits per heavy atom. The van der Waals surface area contributed by atoms with E-state index in [1.165, 1.54) is 12.1 Å². The van der Waals surface area contributed by atoms with Gasteiger partial charge in [-0.1, -0.05) is 0 Å². The Hall–Kier alpha value is -1.00. The van der Waals surface area contributed by atoms with Gasteiger partial charge in [0.25, 0.3) is 0 Å². The zero-order chi connectivity index (χ0) is 13.1. The molecule has 1 heterocycles. The Morgan fingerprint density at radius 1 is 1.28 bits per heavy atom. The molecule has 0 unspecified atom stereocenters. The number of rotatable bonds is 3. The predicted octanol–water partition coefficient (Wildman–Crippen LogP) is 2.49. The fraction of sp³-hybridized carbons (Fsp3) is 0.571. The summed E-state index contributed by atoms with van der Waals surface area (Å²) >= 11 is 0. The summed E-state index contributed by atoms with van der Waals surface area (Å²) in [5.41, 5.74) is 0.441. The molecule has 0 saturated carbocycles. The maximum absolute atomic E-state index is 13.6. The van der Waals surface area contributed by atoms with Gasteiger partial charge >= 0.3 is 0 Å². The summed E-state index contributed by atoms with van der Waals surface area (Å²) in [6.45, 7) is 2.61. The highest BCUT2D eigenvalue weighted by Crippen LogP contribution is 2.18. The Kier molecular flexibility index (Phi) is 4.30. The van der Waals surface area contributed by atoms with Crippen molar-refractivity contribution in [1.82, 2.24) is 9.80 Å². The third-order valence-electron chi connectivity index (χ3n) is 3.74. The molecule has 4 heteroatoms. The van der Waals surface area contributed by atoms with Crippen LogP contribution in [0.15, 0.2) is 18.2 Å². The number of halogens is 2. The predicted molar refractivity (Wildman–Crippen MR) is 68.3 cm³/mol. The highest BCUT2D eigenvalue weighted by atomic mass is 19.1. The van der Waals surface area contributed by atoms with Gasteiger partial charge in [0.2, 0.25) is 0 Å². The Balaban J connectivity index is 1.98. The van der Waals surface area contributed by atoms with Gasteiger partial charge < -0.3 is 4.90 Å². The largest absolute Gasteiger partial charge is 0.306 e. The molecule has 1 aromatic rings. The fourth-order valence-corrected chi connectivity index (χ4v) is 2.50. The first-order valence-electron chi connectivity index (χ1n) is 6.39. The zero-order valence-corrected chi connectivity index (χ0v) is 11.0. The van der Waals surface area contributed by atoms with E-state index in [0.29, 0.717) is 18.2 Å². The summed E-state index contributed by atoms with van der Waals surface area (Å²) in [4.78, 5) is 4.43. The van der Waals surface area contributed by atoms with Crippen LogP contribution in [0.1, 0.15) is 18.4 Å². The van der Waals surface area contributed by atoms with Crippen molar-refractivity contribution in [3.63, 3.8) is 0 Å². The lowest BCUT2D eigenvalue weighted by Crippen LogP contribution is -2.41. The van der Waals surface area contributed by atoms with Gasteiger partial charge in [-0.05, 0) is 58.2 Å². The molecule has 0 bridgehead atoms. The molecule has 0 spiro atoms. The molecule has 1 aliphatic heterocycles. The van der Waals surface area contributed by atoms with E-state index in [2.05, 4.69) is 16.8 Å². The van der Waals surface area contributed by atoms with Gasteiger partial charge in [0.15, 0.2) is 0 Å². The second-order valence-electron chi connectivity index (χ2n) is 5.19. The number of hydrogen-bond acceptors (Lipinski definition) is 2. The van der Waals surface area contributed by atoms with Gasteiger partial charge in [-0.3, -0.25) is 4.90 Å². The fourth-order valence-electron chi connectivity index (χ4n) is 2.50. The van der Waals surface area contributed by atoms with Gasteiger partial charge in [-0.15, -0.1) is 0 Å². The van der Waals surface area contributed by atoms with Crippen molar-refractivity contribution < 1.29 is 8.78 Å². The monoisotopic (exact) mass is 254 g/mol. The maximum atomic E-state index is 13.6. The smallest absolute Gasteiger partial charge is 0.127 e. The van der Waals surface area contributed by atoms with E-state index in [1.807, 2.05) is 7.05 Å². The summed E-state index contributed by atoms with van der Waals surface area (Å²) < 4.78 is 26.7. The van der Waals surface area contributed by atoms with Crippen LogP contribution >= 0.6 is 0 Å². The van der Waals surface area contributed by atoms with Gasteiger partial charge in [0.05, 0.1) is 0 Å². The first-order chi connectivity index (χ1) is 8.56. The van der Waals surface area contributed by atoms with Crippen molar-refractivity contribution in [3.8, 4) is 0 Å². The van der Waals surface area contributed by atoms with Crippen molar-refractivity contribution >= 4 is 0 Å².